The molecule has 0 aliphatic rings. The number of pyridine rings is 1. The second kappa shape index (κ2) is 9.15. The molecule has 0 radical (unpaired) electrons. The molecule has 0 aliphatic carbocycles. The first-order chi connectivity index (χ1) is 13.5. The summed E-state index contributed by atoms with van der Waals surface area (Å²) in [6, 6.07) is 10.8. The molecule has 0 fully saturated rings. The minimum Gasteiger partial charge on any atom is -0.495 e. The van der Waals surface area contributed by atoms with E-state index in [1.54, 1.807) is 28.8 Å². The van der Waals surface area contributed by atoms with E-state index in [0.29, 0.717) is 32.3 Å². The molecule has 0 atom stereocenters. The SMILES string of the molecule is COc1ccccc1N(CCC#N)C(=O)CSc1nnc2c(Cl)cc(Cl)cn12. The number of halogens is 2. The van der Waals surface area contributed by atoms with E-state index in [1.807, 2.05) is 12.1 Å². The first kappa shape index (κ1) is 20.3. The van der Waals surface area contributed by atoms with Crippen molar-refractivity contribution in [3.8, 4) is 11.8 Å². The van der Waals surface area contributed by atoms with Crippen molar-refractivity contribution in [1.29, 1.82) is 5.26 Å². The van der Waals surface area contributed by atoms with Gasteiger partial charge in [0.05, 0.1) is 41.1 Å². The molecular weight excluding hydrogens is 421 g/mol. The number of thioether (sulfide) groups is 1. The Balaban J connectivity index is 1.82. The van der Waals surface area contributed by atoms with Gasteiger partial charge in [-0.05, 0) is 18.2 Å². The highest BCUT2D eigenvalue weighted by atomic mass is 35.5. The van der Waals surface area contributed by atoms with E-state index in [-0.39, 0.29) is 24.6 Å². The number of nitriles is 1. The number of fused-ring (bicyclic) bond motifs is 1. The number of anilines is 1. The number of rotatable bonds is 7. The molecule has 3 rings (SSSR count). The summed E-state index contributed by atoms with van der Waals surface area (Å²) >= 11 is 13.4. The van der Waals surface area contributed by atoms with Crippen molar-refractivity contribution in [2.45, 2.75) is 11.6 Å². The Labute approximate surface area is 175 Å². The number of amides is 1. The van der Waals surface area contributed by atoms with Gasteiger partial charge in [0.15, 0.2) is 10.8 Å². The predicted octanol–water partition coefficient (Wildman–Crippen LogP) is 4.08. The summed E-state index contributed by atoms with van der Waals surface area (Å²) < 4.78 is 7.00. The van der Waals surface area contributed by atoms with E-state index < -0.39 is 0 Å². The van der Waals surface area contributed by atoms with Crippen molar-refractivity contribution in [1.82, 2.24) is 14.6 Å². The summed E-state index contributed by atoms with van der Waals surface area (Å²) in [6.07, 6.45) is 1.84. The Bertz CT molecular complexity index is 1050. The van der Waals surface area contributed by atoms with Gasteiger partial charge in [-0.15, -0.1) is 10.2 Å². The quantitative estimate of drug-likeness (QED) is 0.519. The second-order valence-electron chi connectivity index (χ2n) is 5.60. The number of nitrogens with zero attached hydrogens (tertiary/aromatic N) is 5. The maximum Gasteiger partial charge on any atom is 0.237 e. The van der Waals surface area contributed by atoms with Gasteiger partial charge in [0.25, 0.3) is 0 Å². The van der Waals surface area contributed by atoms with Crippen LogP contribution in [-0.4, -0.2) is 39.9 Å². The van der Waals surface area contributed by atoms with Crippen LogP contribution in [0.15, 0.2) is 41.7 Å². The number of methoxy groups -OCH3 is 1. The van der Waals surface area contributed by atoms with Crippen molar-refractivity contribution in [3.63, 3.8) is 0 Å². The lowest BCUT2D eigenvalue weighted by molar-refractivity contribution is -0.116. The molecule has 7 nitrogen and oxygen atoms in total. The number of hydrogen-bond donors (Lipinski definition) is 0. The maximum absolute atomic E-state index is 12.9. The molecule has 1 amide bonds. The van der Waals surface area contributed by atoms with Gasteiger partial charge in [-0.3, -0.25) is 9.20 Å². The largest absolute Gasteiger partial charge is 0.495 e. The molecule has 0 saturated carbocycles. The van der Waals surface area contributed by atoms with Gasteiger partial charge in [-0.25, -0.2) is 0 Å². The third-order valence-corrected chi connectivity index (χ3v) is 5.26. The molecule has 0 unspecified atom stereocenters. The van der Waals surface area contributed by atoms with Gasteiger partial charge in [0, 0.05) is 12.7 Å². The second-order valence-corrected chi connectivity index (χ2v) is 7.38. The van der Waals surface area contributed by atoms with Gasteiger partial charge in [-0.2, -0.15) is 5.26 Å². The third-order valence-electron chi connectivity index (χ3n) is 3.84. The molecule has 0 aliphatic heterocycles. The van der Waals surface area contributed by atoms with Crippen LogP contribution in [0.4, 0.5) is 5.69 Å². The smallest absolute Gasteiger partial charge is 0.237 e. The van der Waals surface area contributed by atoms with Crippen LogP contribution in [0.2, 0.25) is 10.0 Å². The van der Waals surface area contributed by atoms with Crippen molar-refractivity contribution >= 4 is 52.2 Å². The fourth-order valence-corrected chi connectivity index (χ4v) is 3.89. The number of benzene rings is 1. The highest BCUT2D eigenvalue weighted by Gasteiger charge is 2.20. The Hall–Kier alpha value is -2.47. The molecule has 3 aromatic rings. The Morgan fingerprint density at radius 2 is 2.14 bits per heavy atom. The van der Waals surface area contributed by atoms with E-state index in [4.69, 9.17) is 33.2 Å². The molecule has 2 heterocycles. The van der Waals surface area contributed by atoms with Crippen molar-refractivity contribution in [3.05, 3.63) is 46.6 Å². The molecule has 0 saturated heterocycles. The minimum atomic E-state index is -0.186. The summed E-state index contributed by atoms with van der Waals surface area (Å²) in [7, 11) is 1.54. The zero-order chi connectivity index (χ0) is 20.1. The molecule has 0 bridgehead atoms. The minimum absolute atomic E-state index is 0.0917. The molecule has 144 valence electrons. The average Bonchev–Trinajstić information content (AvgIpc) is 3.10. The molecule has 28 heavy (non-hydrogen) atoms. The van der Waals surface area contributed by atoms with Gasteiger partial charge in [0.1, 0.15) is 5.75 Å². The van der Waals surface area contributed by atoms with E-state index in [1.165, 1.54) is 23.8 Å². The van der Waals surface area contributed by atoms with Crippen LogP contribution in [0.1, 0.15) is 6.42 Å². The van der Waals surface area contributed by atoms with Crippen LogP contribution in [-0.2, 0) is 4.79 Å². The topological polar surface area (TPSA) is 83.5 Å². The lowest BCUT2D eigenvalue weighted by Gasteiger charge is -2.23. The molecule has 0 spiro atoms. The number of carbonyl (C=O) groups is 1. The normalized spacial score (nSPS) is 10.6. The summed E-state index contributed by atoms with van der Waals surface area (Å²) in [6.45, 7) is 0.258. The standard InChI is InChI=1S/C18H15Cl2N5O2S/c1-27-15-6-3-2-5-14(15)24(8-4-7-21)16(26)11-28-18-23-22-17-13(20)9-12(19)10-25(17)18/h2-3,5-6,9-10H,4,8,11H2,1H3. The fourth-order valence-electron chi connectivity index (χ4n) is 2.60. The van der Waals surface area contributed by atoms with Gasteiger partial charge in [-0.1, -0.05) is 47.1 Å². The van der Waals surface area contributed by atoms with Crippen LogP contribution in [0.3, 0.4) is 0 Å². The molecule has 1 aromatic carbocycles. The van der Waals surface area contributed by atoms with E-state index in [2.05, 4.69) is 16.3 Å². The summed E-state index contributed by atoms with van der Waals surface area (Å²) in [5, 5.41) is 18.4. The summed E-state index contributed by atoms with van der Waals surface area (Å²) in [5.74, 6) is 0.467. The van der Waals surface area contributed by atoms with Crippen LogP contribution in [0.5, 0.6) is 5.75 Å². The van der Waals surface area contributed by atoms with Crippen LogP contribution >= 0.6 is 35.0 Å². The Morgan fingerprint density at radius 1 is 1.36 bits per heavy atom. The van der Waals surface area contributed by atoms with Crippen LogP contribution in [0, 0.1) is 11.3 Å². The highest BCUT2D eigenvalue weighted by molar-refractivity contribution is 7.99. The van der Waals surface area contributed by atoms with Crippen LogP contribution in [0.25, 0.3) is 5.65 Å². The van der Waals surface area contributed by atoms with E-state index >= 15 is 0 Å². The van der Waals surface area contributed by atoms with Gasteiger partial charge < -0.3 is 9.64 Å². The lowest BCUT2D eigenvalue weighted by Crippen LogP contribution is -2.33. The van der Waals surface area contributed by atoms with Crippen molar-refractivity contribution in [2.75, 3.05) is 24.3 Å². The first-order valence-corrected chi connectivity index (χ1v) is 9.92. The number of carbonyl (C=O) groups excluding carboxylic acids is 1. The number of ether oxygens (including phenoxy) is 1. The zero-order valence-corrected chi connectivity index (χ0v) is 17.1. The predicted molar refractivity (Wildman–Crippen MR) is 109 cm³/mol. The Kier molecular flexibility index (Phi) is 6.62. The highest BCUT2D eigenvalue weighted by Crippen LogP contribution is 2.30. The Morgan fingerprint density at radius 3 is 2.89 bits per heavy atom. The molecule has 0 N–H and O–H groups in total. The van der Waals surface area contributed by atoms with Gasteiger partial charge >= 0.3 is 0 Å². The molecule has 10 heteroatoms. The zero-order valence-electron chi connectivity index (χ0n) is 14.8. The third kappa shape index (κ3) is 4.33. The fraction of sp³-hybridized carbons (Fsp3) is 0.222. The maximum atomic E-state index is 12.9. The van der Waals surface area contributed by atoms with E-state index in [0.717, 1.165) is 0 Å². The molecule has 2 aromatic heterocycles. The monoisotopic (exact) mass is 435 g/mol. The number of aromatic nitrogens is 3. The summed E-state index contributed by atoms with van der Waals surface area (Å²) in [4.78, 5) is 14.5. The van der Waals surface area contributed by atoms with Crippen LogP contribution < -0.4 is 9.64 Å². The van der Waals surface area contributed by atoms with Crippen molar-refractivity contribution < 1.29 is 9.53 Å². The summed E-state index contributed by atoms with van der Waals surface area (Å²) in [5.41, 5.74) is 1.08. The van der Waals surface area contributed by atoms with Crippen molar-refractivity contribution in [2.24, 2.45) is 0 Å². The number of para-hydroxylation sites is 2. The first-order valence-electron chi connectivity index (χ1n) is 8.18. The number of hydrogen-bond acceptors (Lipinski definition) is 6. The lowest BCUT2D eigenvalue weighted by atomic mass is 10.2. The molecular formula is C18H15Cl2N5O2S. The van der Waals surface area contributed by atoms with Gasteiger partial charge in [0.2, 0.25) is 5.91 Å². The van der Waals surface area contributed by atoms with E-state index in [9.17, 15) is 4.79 Å². The average molecular weight is 436 g/mol.